The first-order chi connectivity index (χ1) is 9.74. The molecule has 0 atom stereocenters. The van der Waals surface area contributed by atoms with Crippen LogP contribution in [0.4, 0.5) is 0 Å². The topological polar surface area (TPSA) is 33.1 Å². The molecule has 0 radical (unpaired) electrons. The Morgan fingerprint density at radius 2 is 1.75 bits per heavy atom. The summed E-state index contributed by atoms with van der Waals surface area (Å²) in [5.74, 6) is 1.16. The molecule has 0 aliphatic heterocycles. The molecule has 0 aliphatic rings. The van der Waals surface area contributed by atoms with Crippen LogP contribution in [0.2, 0.25) is 0 Å². The van der Waals surface area contributed by atoms with Gasteiger partial charge in [-0.3, -0.25) is 4.98 Å². The highest BCUT2D eigenvalue weighted by Crippen LogP contribution is 2.34. The second-order valence-corrected chi connectivity index (χ2v) is 5.70. The van der Waals surface area contributed by atoms with E-state index >= 15 is 0 Å². The van der Waals surface area contributed by atoms with Crippen molar-refractivity contribution in [2.24, 2.45) is 0 Å². The lowest BCUT2D eigenvalue weighted by molar-refractivity contribution is 0.481. The Hall–Kier alpha value is -2.00. The maximum absolute atomic E-state index is 9.90. The van der Waals surface area contributed by atoms with Crippen LogP contribution in [0.5, 0.6) is 5.75 Å². The van der Waals surface area contributed by atoms with Gasteiger partial charge in [-0.05, 0) is 36.6 Å². The second kappa shape index (κ2) is 5.55. The minimum Gasteiger partial charge on any atom is -0.507 e. The van der Waals surface area contributed by atoms with Crippen molar-refractivity contribution in [3.63, 3.8) is 0 Å². The number of hydrogen-bond donors (Lipinski definition) is 1. The van der Waals surface area contributed by atoms with Crippen molar-refractivity contribution in [3.8, 4) is 5.75 Å². The summed E-state index contributed by atoms with van der Waals surface area (Å²) in [6, 6.07) is 17.7. The van der Waals surface area contributed by atoms with Gasteiger partial charge in [-0.1, -0.05) is 30.3 Å². The van der Waals surface area contributed by atoms with E-state index in [1.165, 1.54) is 4.90 Å². The third-order valence-corrected chi connectivity index (χ3v) is 4.29. The number of thioether (sulfide) groups is 1. The summed E-state index contributed by atoms with van der Waals surface area (Å²) in [7, 11) is 0. The van der Waals surface area contributed by atoms with Crippen molar-refractivity contribution in [1.82, 2.24) is 4.98 Å². The van der Waals surface area contributed by atoms with Crippen molar-refractivity contribution in [2.45, 2.75) is 17.6 Å². The Kier molecular flexibility index (Phi) is 3.61. The van der Waals surface area contributed by atoms with Crippen LogP contribution in [0.3, 0.4) is 0 Å². The number of aromatic nitrogens is 1. The van der Waals surface area contributed by atoms with Crippen molar-refractivity contribution < 1.29 is 5.11 Å². The van der Waals surface area contributed by atoms with E-state index in [2.05, 4.69) is 4.98 Å². The summed E-state index contributed by atoms with van der Waals surface area (Å²) in [6.07, 6.45) is 0. The van der Waals surface area contributed by atoms with Crippen molar-refractivity contribution in [2.75, 3.05) is 0 Å². The molecular formula is C17H15NOS. The van der Waals surface area contributed by atoms with Gasteiger partial charge < -0.3 is 5.11 Å². The first-order valence-corrected chi connectivity index (χ1v) is 7.48. The van der Waals surface area contributed by atoms with Gasteiger partial charge in [0, 0.05) is 21.7 Å². The number of pyridine rings is 1. The summed E-state index contributed by atoms with van der Waals surface area (Å²) in [5, 5.41) is 11.9. The number of aromatic hydroxyl groups is 1. The molecule has 2 nitrogen and oxygen atoms in total. The van der Waals surface area contributed by atoms with E-state index in [0.717, 1.165) is 27.9 Å². The van der Waals surface area contributed by atoms with Gasteiger partial charge in [0.15, 0.2) is 0 Å². The van der Waals surface area contributed by atoms with Gasteiger partial charge in [0.1, 0.15) is 5.75 Å². The molecule has 0 unspecified atom stereocenters. The predicted octanol–water partition coefficient (Wildman–Crippen LogP) is 4.54. The van der Waals surface area contributed by atoms with Crippen molar-refractivity contribution in [3.05, 3.63) is 66.0 Å². The van der Waals surface area contributed by atoms with Crippen molar-refractivity contribution >= 4 is 22.5 Å². The van der Waals surface area contributed by atoms with Gasteiger partial charge in [-0.25, -0.2) is 0 Å². The summed E-state index contributed by atoms with van der Waals surface area (Å²) in [5.41, 5.74) is 2.12. The summed E-state index contributed by atoms with van der Waals surface area (Å²) in [6.45, 7) is 2.00. The van der Waals surface area contributed by atoms with Gasteiger partial charge in [0.25, 0.3) is 0 Å². The van der Waals surface area contributed by atoms with E-state index in [1.807, 2.05) is 55.5 Å². The molecule has 0 bridgehead atoms. The summed E-state index contributed by atoms with van der Waals surface area (Å²) in [4.78, 5) is 5.68. The normalized spacial score (nSPS) is 10.8. The molecule has 0 saturated carbocycles. The Bertz CT molecular complexity index is 755. The van der Waals surface area contributed by atoms with E-state index in [4.69, 9.17) is 0 Å². The molecule has 1 N–H and O–H groups in total. The van der Waals surface area contributed by atoms with Crippen LogP contribution >= 0.6 is 11.8 Å². The highest BCUT2D eigenvalue weighted by Gasteiger charge is 2.06. The largest absolute Gasteiger partial charge is 0.507 e. The van der Waals surface area contributed by atoms with Crippen LogP contribution in [-0.4, -0.2) is 10.1 Å². The van der Waals surface area contributed by atoms with Gasteiger partial charge in [0.2, 0.25) is 0 Å². The lowest BCUT2D eigenvalue weighted by Gasteiger charge is -2.08. The fourth-order valence-electron chi connectivity index (χ4n) is 2.21. The molecule has 3 aromatic rings. The van der Waals surface area contributed by atoms with E-state index in [-0.39, 0.29) is 0 Å². The fraction of sp³-hybridized carbons (Fsp3) is 0.118. The third-order valence-electron chi connectivity index (χ3n) is 3.18. The number of phenols is 1. The lowest BCUT2D eigenvalue weighted by Crippen LogP contribution is -1.89. The highest BCUT2D eigenvalue weighted by molar-refractivity contribution is 7.98. The number of fused-ring (bicyclic) bond motifs is 1. The Balaban J connectivity index is 1.90. The number of aryl methyl sites for hydroxylation is 1. The van der Waals surface area contributed by atoms with E-state index < -0.39 is 0 Å². The Labute approximate surface area is 122 Å². The predicted molar refractivity (Wildman–Crippen MR) is 84.1 cm³/mol. The summed E-state index contributed by atoms with van der Waals surface area (Å²) < 4.78 is 0. The lowest BCUT2D eigenvalue weighted by atomic mass is 10.1. The first kappa shape index (κ1) is 13.0. The van der Waals surface area contributed by atoms with Gasteiger partial charge in [-0.2, -0.15) is 0 Å². The SMILES string of the molecule is Cc1cccc(CSc2ccc(O)c3ccccc23)n1. The van der Waals surface area contributed by atoms with E-state index in [1.54, 1.807) is 17.8 Å². The van der Waals surface area contributed by atoms with E-state index in [9.17, 15) is 5.11 Å². The van der Waals surface area contributed by atoms with Crippen LogP contribution in [-0.2, 0) is 5.75 Å². The molecule has 2 aromatic carbocycles. The Morgan fingerprint density at radius 1 is 0.950 bits per heavy atom. The molecule has 100 valence electrons. The molecule has 1 aromatic heterocycles. The first-order valence-electron chi connectivity index (χ1n) is 6.50. The molecule has 20 heavy (non-hydrogen) atoms. The second-order valence-electron chi connectivity index (χ2n) is 4.69. The minimum atomic E-state index is 0.332. The van der Waals surface area contributed by atoms with Crippen LogP contribution < -0.4 is 0 Å². The van der Waals surface area contributed by atoms with Crippen LogP contribution in [0.25, 0.3) is 10.8 Å². The molecular weight excluding hydrogens is 266 g/mol. The number of benzene rings is 2. The molecule has 3 rings (SSSR count). The van der Waals surface area contributed by atoms with Crippen LogP contribution in [0, 0.1) is 6.92 Å². The van der Waals surface area contributed by atoms with Gasteiger partial charge in [-0.15, -0.1) is 11.8 Å². The molecule has 0 saturated heterocycles. The minimum absolute atomic E-state index is 0.332. The quantitative estimate of drug-likeness (QED) is 0.715. The Morgan fingerprint density at radius 3 is 2.55 bits per heavy atom. The molecule has 0 fully saturated rings. The third kappa shape index (κ3) is 2.63. The fourth-order valence-corrected chi connectivity index (χ4v) is 3.17. The van der Waals surface area contributed by atoms with Crippen molar-refractivity contribution in [1.29, 1.82) is 0 Å². The summed E-state index contributed by atoms with van der Waals surface area (Å²) >= 11 is 1.75. The molecule has 1 heterocycles. The number of phenolic OH excluding ortho intramolecular Hbond substituents is 1. The maximum Gasteiger partial charge on any atom is 0.123 e. The van der Waals surface area contributed by atoms with Crippen LogP contribution in [0.15, 0.2) is 59.5 Å². The maximum atomic E-state index is 9.90. The van der Waals surface area contributed by atoms with E-state index in [0.29, 0.717) is 5.75 Å². The standard InChI is InChI=1S/C17H15NOS/c1-12-5-4-6-13(18-12)11-20-17-10-9-16(19)14-7-2-3-8-15(14)17/h2-10,19H,11H2,1H3. The molecule has 0 aliphatic carbocycles. The average molecular weight is 281 g/mol. The zero-order chi connectivity index (χ0) is 13.9. The number of hydrogen-bond acceptors (Lipinski definition) is 3. The highest BCUT2D eigenvalue weighted by atomic mass is 32.2. The monoisotopic (exact) mass is 281 g/mol. The average Bonchev–Trinajstić information content (AvgIpc) is 2.47. The number of rotatable bonds is 3. The van der Waals surface area contributed by atoms with Crippen LogP contribution in [0.1, 0.15) is 11.4 Å². The van der Waals surface area contributed by atoms with Gasteiger partial charge >= 0.3 is 0 Å². The molecule has 0 amide bonds. The molecule has 0 spiro atoms. The molecule has 3 heteroatoms. The number of nitrogens with zero attached hydrogens (tertiary/aromatic N) is 1. The van der Waals surface area contributed by atoms with Gasteiger partial charge in [0.05, 0.1) is 5.69 Å². The zero-order valence-electron chi connectivity index (χ0n) is 11.2. The zero-order valence-corrected chi connectivity index (χ0v) is 12.0. The smallest absolute Gasteiger partial charge is 0.123 e.